The Balaban J connectivity index is 0.986. The van der Waals surface area contributed by atoms with Crippen LogP contribution in [0.1, 0.15) is 47.1 Å². The number of likely N-dealkylation sites (tertiary alicyclic amines) is 1. The van der Waals surface area contributed by atoms with Crippen LogP contribution in [0.15, 0.2) is 126 Å². The van der Waals surface area contributed by atoms with Gasteiger partial charge in [0.1, 0.15) is 5.82 Å². The molecule has 0 aliphatic carbocycles. The predicted octanol–water partition coefficient (Wildman–Crippen LogP) is 10.1. The second-order valence-corrected chi connectivity index (χ2v) is 16.3. The first kappa shape index (κ1) is 37.2. The number of hydrogen-bond donors (Lipinski definition) is 2. The Morgan fingerprint density at radius 3 is 2.17 bits per heavy atom. The maximum atomic E-state index is 15.6. The van der Waals surface area contributed by atoms with Crippen molar-refractivity contribution in [2.45, 2.75) is 74.0 Å². The lowest BCUT2D eigenvalue weighted by Gasteiger charge is -2.46. The fourth-order valence-corrected chi connectivity index (χ4v) is 10.3. The molecule has 0 bridgehead atoms. The van der Waals surface area contributed by atoms with Gasteiger partial charge in [0.15, 0.2) is 0 Å². The van der Waals surface area contributed by atoms with Crippen molar-refractivity contribution >= 4 is 44.9 Å². The maximum absolute atomic E-state index is 15.6. The van der Waals surface area contributed by atoms with Gasteiger partial charge in [-0.05, 0) is 99.8 Å². The molecule has 0 amide bonds. The molecule has 6 aromatic carbocycles. The average Bonchev–Trinajstić information content (AvgIpc) is 3.20. The third-order valence-corrected chi connectivity index (χ3v) is 13.1. The van der Waals surface area contributed by atoms with Crippen molar-refractivity contribution in [3.8, 4) is 0 Å². The number of nitrogens with one attached hydrogen (secondary N) is 1. The molecule has 0 saturated carbocycles. The molecule has 2 aliphatic heterocycles. The van der Waals surface area contributed by atoms with Crippen LogP contribution in [0.5, 0.6) is 0 Å². The highest BCUT2D eigenvalue weighted by Gasteiger charge is 2.38. The molecule has 0 aromatic heterocycles. The van der Waals surface area contributed by atoms with Crippen LogP contribution in [0.2, 0.25) is 5.02 Å². The quantitative estimate of drug-likeness (QED) is 0.122. The number of halogens is 2. The summed E-state index contributed by atoms with van der Waals surface area (Å²) in [4.78, 5) is 6.15. The number of fused-ring (bicyclic) bond motifs is 2. The van der Waals surface area contributed by atoms with E-state index in [1.54, 1.807) is 6.07 Å². The Morgan fingerprint density at radius 1 is 0.685 bits per heavy atom. The Kier molecular flexibility index (Phi) is 12.0. The first-order valence-corrected chi connectivity index (χ1v) is 20.9. The van der Waals surface area contributed by atoms with Crippen molar-refractivity contribution in [3.05, 3.63) is 160 Å². The Labute approximate surface area is 328 Å². The van der Waals surface area contributed by atoms with Crippen molar-refractivity contribution < 1.29 is 9.50 Å². The summed E-state index contributed by atoms with van der Waals surface area (Å²) >= 11 is 8.77. The monoisotopic (exact) mass is 757 g/mol. The summed E-state index contributed by atoms with van der Waals surface area (Å²) in [5, 5.41) is 21.6. The molecule has 278 valence electrons. The van der Waals surface area contributed by atoms with Crippen LogP contribution < -0.4 is 5.32 Å². The molecule has 2 N–H and O–H groups in total. The van der Waals surface area contributed by atoms with Crippen LogP contribution >= 0.6 is 23.4 Å². The van der Waals surface area contributed by atoms with Gasteiger partial charge in [-0.1, -0.05) is 121 Å². The molecule has 54 heavy (non-hydrogen) atoms. The molecule has 3 unspecified atom stereocenters. The smallest absolute Gasteiger partial charge is 0.126 e. The Hall–Kier alpha value is -3.75. The zero-order valence-electron chi connectivity index (χ0n) is 30.8. The second-order valence-electron chi connectivity index (χ2n) is 14.9. The van der Waals surface area contributed by atoms with Crippen molar-refractivity contribution in [1.82, 2.24) is 15.1 Å². The number of benzene rings is 6. The highest BCUT2D eigenvalue weighted by atomic mass is 35.5. The molecule has 7 heteroatoms. The van der Waals surface area contributed by atoms with Gasteiger partial charge in [-0.2, -0.15) is 0 Å². The van der Waals surface area contributed by atoms with Gasteiger partial charge in [-0.25, -0.2) is 4.39 Å². The van der Waals surface area contributed by atoms with Crippen LogP contribution in [0.25, 0.3) is 21.5 Å². The molecule has 2 fully saturated rings. The first-order valence-electron chi connectivity index (χ1n) is 19.5. The van der Waals surface area contributed by atoms with Gasteiger partial charge in [0.05, 0.1) is 6.10 Å². The van der Waals surface area contributed by atoms with Crippen LogP contribution in [0.3, 0.4) is 0 Å². The van der Waals surface area contributed by atoms with E-state index in [0.29, 0.717) is 19.5 Å². The zero-order chi connectivity index (χ0) is 36.9. The van der Waals surface area contributed by atoms with Crippen molar-refractivity contribution in [3.63, 3.8) is 0 Å². The summed E-state index contributed by atoms with van der Waals surface area (Å²) in [6, 6.07) is 41.6. The second kappa shape index (κ2) is 17.4. The van der Waals surface area contributed by atoms with Gasteiger partial charge in [-0.3, -0.25) is 9.80 Å². The number of hydrogen-bond acceptors (Lipinski definition) is 5. The normalized spacial score (nSPS) is 19.0. The number of aliphatic hydroxyl groups excluding tert-OH is 1. The van der Waals surface area contributed by atoms with Gasteiger partial charge < -0.3 is 10.4 Å². The van der Waals surface area contributed by atoms with Crippen LogP contribution in [0.4, 0.5) is 4.39 Å². The number of nitrogens with zero attached hydrogens (tertiary/aromatic N) is 2. The third kappa shape index (κ3) is 8.25. The summed E-state index contributed by atoms with van der Waals surface area (Å²) in [6.45, 7) is 4.65. The highest BCUT2D eigenvalue weighted by Crippen LogP contribution is 2.35. The van der Waals surface area contributed by atoms with Crippen molar-refractivity contribution in [2.24, 2.45) is 0 Å². The first-order chi connectivity index (χ1) is 26.5. The lowest BCUT2D eigenvalue weighted by Crippen LogP contribution is -2.61. The van der Waals surface area contributed by atoms with E-state index < -0.39 is 6.10 Å². The van der Waals surface area contributed by atoms with Gasteiger partial charge in [0, 0.05) is 60.5 Å². The van der Waals surface area contributed by atoms with E-state index in [1.807, 2.05) is 23.9 Å². The summed E-state index contributed by atoms with van der Waals surface area (Å²) in [5.41, 5.74) is 5.43. The minimum atomic E-state index is -0.557. The minimum Gasteiger partial charge on any atom is -0.390 e. The molecular formula is C47H49ClFN3OS. The fourth-order valence-electron chi connectivity index (χ4n) is 8.78. The largest absolute Gasteiger partial charge is 0.390 e. The fraction of sp³-hybridized carbons (Fsp3) is 0.319. The Morgan fingerprint density at radius 2 is 1.33 bits per heavy atom. The van der Waals surface area contributed by atoms with Gasteiger partial charge in [0.25, 0.3) is 0 Å². The van der Waals surface area contributed by atoms with E-state index in [-0.39, 0.29) is 17.9 Å². The molecule has 2 heterocycles. The van der Waals surface area contributed by atoms with E-state index in [9.17, 15) is 5.11 Å². The van der Waals surface area contributed by atoms with E-state index in [0.717, 1.165) is 73.8 Å². The molecule has 0 spiro atoms. The third-order valence-electron chi connectivity index (χ3n) is 11.7. The predicted molar refractivity (Wildman–Crippen MR) is 224 cm³/mol. The number of piperazine rings is 1. The highest BCUT2D eigenvalue weighted by molar-refractivity contribution is 7.98. The summed E-state index contributed by atoms with van der Waals surface area (Å²) in [5.74, 6) is 0.635. The number of aliphatic hydroxyl groups is 1. The minimum absolute atomic E-state index is 0.0158. The topological polar surface area (TPSA) is 38.7 Å². The number of aryl methyl sites for hydroxylation is 1. The summed E-state index contributed by atoms with van der Waals surface area (Å²) in [6.07, 6.45) is 4.00. The van der Waals surface area contributed by atoms with Crippen LogP contribution in [0, 0.1) is 5.82 Å². The van der Waals surface area contributed by atoms with Crippen molar-refractivity contribution in [2.75, 3.05) is 26.2 Å². The molecule has 0 radical (unpaired) electrons. The lowest BCUT2D eigenvalue weighted by atomic mass is 9.90. The average molecular weight is 758 g/mol. The van der Waals surface area contributed by atoms with Gasteiger partial charge >= 0.3 is 0 Å². The Bertz CT molecular complexity index is 2050. The van der Waals surface area contributed by atoms with Crippen LogP contribution in [-0.4, -0.2) is 59.3 Å². The van der Waals surface area contributed by atoms with Crippen molar-refractivity contribution in [1.29, 1.82) is 0 Å². The van der Waals surface area contributed by atoms with Gasteiger partial charge in [-0.15, -0.1) is 11.8 Å². The number of rotatable bonds is 12. The lowest BCUT2D eigenvalue weighted by molar-refractivity contribution is -0.0418. The molecule has 3 atom stereocenters. The molecule has 4 nitrogen and oxygen atoms in total. The summed E-state index contributed by atoms with van der Waals surface area (Å²) in [7, 11) is 0. The van der Waals surface area contributed by atoms with E-state index in [2.05, 4.69) is 118 Å². The van der Waals surface area contributed by atoms with Crippen LogP contribution in [-0.2, 0) is 31.7 Å². The number of thioether (sulfide) groups is 1. The van der Waals surface area contributed by atoms with E-state index >= 15 is 4.39 Å². The summed E-state index contributed by atoms with van der Waals surface area (Å²) < 4.78 is 15.6. The van der Waals surface area contributed by atoms with E-state index in [1.165, 1.54) is 43.1 Å². The standard InChI is InChI=1S/C47H49ClFN3OS/c48-42-20-8-16-37(41(42)32-54-46-23-10-15-34-12-2-4-19-40(34)46)31-51-27-6-5-22-44(51)47(53)45-29-50-26-28-52(45)30-36-17-9-21-43(49)39(36)25-24-35-14-7-13-33-11-1-3-18-38(33)35/h1-4,7-21,23,44-45,47,50,53H,5-6,22,24-32H2. The van der Waals surface area contributed by atoms with Gasteiger partial charge in [0.2, 0.25) is 0 Å². The molecule has 2 saturated heterocycles. The molecule has 8 rings (SSSR count). The molecule has 6 aromatic rings. The molecule has 2 aliphatic rings. The molecular weight excluding hydrogens is 709 g/mol. The zero-order valence-corrected chi connectivity index (χ0v) is 32.3. The number of piperidine rings is 1. The maximum Gasteiger partial charge on any atom is 0.126 e. The SMILES string of the molecule is OC(C1CNCCN1Cc1cccc(F)c1CCc1cccc2ccccc12)C1CCCCN1Cc1cccc(Cl)c1CSc1cccc2ccccc12. The van der Waals surface area contributed by atoms with E-state index in [4.69, 9.17) is 11.6 Å².